The SMILES string of the molecule is O=C(Nc1cccc(NC(=O)N2CCN(C(=O)c3ccccc3)CC2)c1)c1ccccc1. The number of amides is 4. The van der Waals surface area contributed by atoms with E-state index < -0.39 is 0 Å². The van der Waals surface area contributed by atoms with Gasteiger partial charge in [-0.3, -0.25) is 9.59 Å². The highest BCUT2D eigenvalue weighted by Gasteiger charge is 2.24. The van der Waals surface area contributed by atoms with Crippen LogP contribution in [0.1, 0.15) is 20.7 Å². The molecular weight excluding hydrogens is 404 g/mol. The molecule has 3 aromatic rings. The molecule has 1 aliphatic rings. The van der Waals surface area contributed by atoms with Crippen LogP contribution >= 0.6 is 0 Å². The Balaban J connectivity index is 1.31. The number of anilines is 2. The number of hydrogen-bond acceptors (Lipinski definition) is 3. The highest BCUT2D eigenvalue weighted by molar-refractivity contribution is 6.04. The summed E-state index contributed by atoms with van der Waals surface area (Å²) < 4.78 is 0. The van der Waals surface area contributed by atoms with E-state index in [1.54, 1.807) is 70.5 Å². The van der Waals surface area contributed by atoms with E-state index in [-0.39, 0.29) is 17.8 Å². The topological polar surface area (TPSA) is 81.8 Å². The molecule has 0 saturated carbocycles. The van der Waals surface area contributed by atoms with E-state index in [1.165, 1.54) is 0 Å². The van der Waals surface area contributed by atoms with Crippen molar-refractivity contribution in [2.24, 2.45) is 0 Å². The molecule has 32 heavy (non-hydrogen) atoms. The van der Waals surface area contributed by atoms with Gasteiger partial charge in [-0.15, -0.1) is 0 Å². The summed E-state index contributed by atoms with van der Waals surface area (Å²) in [4.78, 5) is 41.1. The molecule has 2 N–H and O–H groups in total. The lowest BCUT2D eigenvalue weighted by molar-refractivity contribution is 0.0671. The summed E-state index contributed by atoms with van der Waals surface area (Å²) in [6.45, 7) is 1.87. The highest BCUT2D eigenvalue weighted by Crippen LogP contribution is 2.17. The molecule has 4 rings (SSSR count). The summed E-state index contributed by atoms with van der Waals surface area (Å²) in [5, 5.41) is 5.71. The van der Waals surface area contributed by atoms with Crippen LogP contribution in [0.5, 0.6) is 0 Å². The quantitative estimate of drug-likeness (QED) is 0.661. The maximum atomic E-state index is 12.7. The first-order chi connectivity index (χ1) is 15.6. The van der Waals surface area contributed by atoms with E-state index in [0.29, 0.717) is 48.7 Å². The number of nitrogens with one attached hydrogen (secondary N) is 2. The van der Waals surface area contributed by atoms with Gasteiger partial charge in [-0.25, -0.2) is 4.79 Å². The van der Waals surface area contributed by atoms with Gasteiger partial charge < -0.3 is 20.4 Å². The van der Waals surface area contributed by atoms with E-state index in [0.717, 1.165) is 0 Å². The van der Waals surface area contributed by atoms with Crippen LogP contribution in [0.15, 0.2) is 84.9 Å². The van der Waals surface area contributed by atoms with Crippen molar-refractivity contribution in [1.29, 1.82) is 0 Å². The molecule has 4 amide bonds. The van der Waals surface area contributed by atoms with Gasteiger partial charge >= 0.3 is 6.03 Å². The first-order valence-corrected chi connectivity index (χ1v) is 10.5. The van der Waals surface area contributed by atoms with Crippen LogP contribution < -0.4 is 10.6 Å². The molecule has 162 valence electrons. The van der Waals surface area contributed by atoms with Gasteiger partial charge in [0.05, 0.1) is 0 Å². The van der Waals surface area contributed by atoms with Crippen LogP contribution in [0, 0.1) is 0 Å². The van der Waals surface area contributed by atoms with Gasteiger partial charge in [-0.05, 0) is 42.5 Å². The summed E-state index contributed by atoms with van der Waals surface area (Å²) in [7, 11) is 0. The van der Waals surface area contributed by atoms with Crippen molar-refractivity contribution in [1.82, 2.24) is 9.80 Å². The molecule has 1 saturated heterocycles. The minimum Gasteiger partial charge on any atom is -0.335 e. The molecule has 0 bridgehead atoms. The predicted octanol–water partition coefficient (Wildman–Crippen LogP) is 3.93. The molecule has 0 atom stereocenters. The summed E-state index contributed by atoms with van der Waals surface area (Å²) in [5.41, 5.74) is 2.39. The zero-order valence-electron chi connectivity index (χ0n) is 17.5. The molecule has 0 unspecified atom stereocenters. The number of carbonyl (C=O) groups excluding carboxylic acids is 3. The Kier molecular flexibility index (Phi) is 6.46. The third kappa shape index (κ3) is 5.13. The maximum absolute atomic E-state index is 12.7. The highest BCUT2D eigenvalue weighted by atomic mass is 16.2. The number of urea groups is 1. The minimum atomic E-state index is -0.233. The molecule has 0 aromatic heterocycles. The zero-order valence-corrected chi connectivity index (χ0v) is 17.5. The van der Waals surface area contributed by atoms with Crippen molar-refractivity contribution in [3.05, 3.63) is 96.1 Å². The molecular formula is C25H24N4O3. The molecule has 0 radical (unpaired) electrons. The molecule has 0 aliphatic carbocycles. The number of carbonyl (C=O) groups is 3. The number of hydrogen-bond donors (Lipinski definition) is 2. The fourth-order valence-corrected chi connectivity index (χ4v) is 3.55. The molecule has 1 heterocycles. The fraction of sp³-hybridized carbons (Fsp3) is 0.160. The van der Waals surface area contributed by atoms with Gasteiger partial charge in [-0.1, -0.05) is 42.5 Å². The van der Waals surface area contributed by atoms with E-state index >= 15 is 0 Å². The Hall–Kier alpha value is -4.13. The number of benzene rings is 3. The van der Waals surface area contributed by atoms with Gasteiger partial charge in [-0.2, -0.15) is 0 Å². The zero-order chi connectivity index (χ0) is 22.3. The lowest BCUT2D eigenvalue weighted by atomic mass is 10.2. The average molecular weight is 428 g/mol. The second-order valence-electron chi connectivity index (χ2n) is 7.48. The van der Waals surface area contributed by atoms with Crippen LogP contribution in [0.2, 0.25) is 0 Å². The van der Waals surface area contributed by atoms with Crippen LogP contribution in [0.3, 0.4) is 0 Å². The van der Waals surface area contributed by atoms with Gasteiger partial charge in [0.1, 0.15) is 0 Å². The molecule has 3 aromatic carbocycles. The van der Waals surface area contributed by atoms with Gasteiger partial charge in [0.15, 0.2) is 0 Å². The number of nitrogens with zero attached hydrogens (tertiary/aromatic N) is 2. The average Bonchev–Trinajstić information content (AvgIpc) is 2.85. The first kappa shape index (κ1) is 21.1. The fourth-order valence-electron chi connectivity index (χ4n) is 3.55. The van der Waals surface area contributed by atoms with Crippen molar-refractivity contribution in [2.75, 3.05) is 36.8 Å². The van der Waals surface area contributed by atoms with Crippen molar-refractivity contribution >= 4 is 29.2 Å². The Morgan fingerprint density at radius 1 is 0.594 bits per heavy atom. The monoisotopic (exact) mass is 428 g/mol. The van der Waals surface area contributed by atoms with Crippen LogP contribution in [-0.4, -0.2) is 53.8 Å². The molecule has 0 spiro atoms. The Morgan fingerprint density at radius 3 is 1.75 bits per heavy atom. The van der Waals surface area contributed by atoms with Gasteiger partial charge in [0.25, 0.3) is 11.8 Å². The lowest BCUT2D eigenvalue weighted by Crippen LogP contribution is -2.51. The van der Waals surface area contributed by atoms with E-state index in [1.807, 2.05) is 24.3 Å². The van der Waals surface area contributed by atoms with Gasteiger partial charge in [0, 0.05) is 48.7 Å². The first-order valence-electron chi connectivity index (χ1n) is 10.5. The standard InChI is InChI=1S/C25H24N4O3/c30-23(19-8-3-1-4-9-19)26-21-12-7-13-22(18-21)27-25(32)29-16-14-28(15-17-29)24(31)20-10-5-2-6-11-20/h1-13,18H,14-17H2,(H,26,30)(H,27,32). The Morgan fingerprint density at radius 2 is 1.12 bits per heavy atom. The third-order valence-electron chi connectivity index (χ3n) is 5.28. The second kappa shape index (κ2) is 9.78. The van der Waals surface area contributed by atoms with E-state index in [9.17, 15) is 14.4 Å². The second-order valence-corrected chi connectivity index (χ2v) is 7.48. The largest absolute Gasteiger partial charge is 0.335 e. The summed E-state index contributed by atoms with van der Waals surface area (Å²) in [6, 6.07) is 24.9. The third-order valence-corrected chi connectivity index (χ3v) is 5.28. The molecule has 1 fully saturated rings. The Labute approximate surface area is 186 Å². The van der Waals surface area contributed by atoms with Crippen molar-refractivity contribution < 1.29 is 14.4 Å². The maximum Gasteiger partial charge on any atom is 0.321 e. The van der Waals surface area contributed by atoms with Crippen molar-refractivity contribution in [2.45, 2.75) is 0 Å². The van der Waals surface area contributed by atoms with Gasteiger partial charge in [0.2, 0.25) is 0 Å². The molecule has 7 heteroatoms. The number of piperazine rings is 1. The van der Waals surface area contributed by atoms with Crippen LogP contribution in [0.4, 0.5) is 16.2 Å². The molecule has 7 nitrogen and oxygen atoms in total. The Bertz CT molecular complexity index is 1090. The summed E-state index contributed by atoms with van der Waals surface area (Å²) >= 11 is 0. The van der Waals surface area contributed by atoms with E-state index in [4.69, 9.17) is 0 Å². The predicted molar refractivity (Wildman–Crippen MR) is 124 cm³/mol. The van der Waals surface area contributed by atoms with Crippen LogP contribution in [-0.2, 0) is 0 Å². The van der Waals surface area contributed by atoms with E-state index in [2.05, 4.69) is 10.6 Å². The summed E-state index contributed by atoms with van der Waals surface area (Å²) in [6.07, 6.45) is 0. The lowest BCUT2D eigenvalue weighted by Gasteiger charge is -2.34. The normalized spacial score (nSPS) is 13.4. The van der Waals surface area contributed by atoms with Crippen molar-refractivity contribution in [3.8, 4) is 0 Å². The van der Waals surface area contributed by atoms with Crippen molar-refractivity contribution in [3.63, 3.8) is 0 Å². The minimum absolute atomic E-state index is 0.0208. The number of rotatable bonds is 4. The smallest absolute Gasteiger partial charge is 0.321 e. The summed E-state index contributed by atoms with van der Waals surface area (Å²) in [5.74, 6) is -0.235. The molecule has 1 aliphatic heterocycles. The van der Waals surface area contributed by atoms with Crippen LogP contribution in [0.25, 0.3) is 0 Å².